The molecular formula is C24H42OS. The molecule has 150 valence electrons. The monoisotopic (exact) mass is 378 g/mol. The number of unbranched alkanes of at least 4 members (excludes halogenated alkanes) is 15. The Morgan fingerprint density at radius 2 is 0.962 bits per heavy atom. The van der Waals surface area contributed by atoms with Crippen molar-refractivity contribution in [1.29, 1.82) is 0 Å². The topological polar surface area (TPSA) is 20.2 Å². The predicted molar refractivity (Wildman–Crippen MR) is 118 cm³/mol. The molecule has 26 heavy (non-hydrogen) atoms. The van der Waals surface area contributed by atoms with Gasteiger partial charge < -0.3 is 5.11 Å². The van der Waals surface area contributed by atoms with E-state index in [0.717, 1.165) is 0 Å². The molecule has 0 aromatic heterocycles. The third-order valence-corrected chi connectivity index (χ3v) is 6.20. The summed E-state index contributed by atoms with van der Waals surface area (Å²) in [5.41, 5.74) is 0. The van der Waals surface area contributed by atoms with Gasteiger partial charge in [-0.25, -0.2) is 0 Å². The van der Waals surface area contributed by atoms with Crippen molar-refractivity contribution in [2.45, 2.75) is 115 Å². The van der Waals surface area contributed by atoms with Crippen molar-refractivity contribution in [3.8, 4) is 5.75 Å². The molecule has 0 saturated carbocycles. The Bertz CT molecular complexity index is 401. The summed E-state index contributed by atoms with van der Waals surface area (Å²) in [5.74, 6) is 1.56. The number of aromatic hydroxyl groups is 1. The largest absolute Gasteiger partial charge is 0.508 e. The lowest BCUT2D eigenvalue weighted by atomic mass is 10.0. The molecule has 1 aromatic rings. The lowest BCUT2D eigenvalue weighted by Crippen LogP contribution is -1.84. The minimum Gasteiger partial charge on any atom is -0.508 e. The van der Waals surface area contributed by atoms with E-state index in [1.165, 1.54) is 113 Å². The number of hydrogen-bond donors (Lipinski definition) is 1. The van der Waals surface area contributed by atoms with Crippen LogP contribution >= 0.6 is 11.8 Å². The molecule has 2 heteroatoms. The molecule has 0 bridgehead atoms. The average molecular weight is 379 g/mol. The van der Waals surface area contributed by atoms with Crippen LogP contribution in [0.5, 0.6) is 5.75 Å². The lowest BCUT2D eigenvalue weighted by molar-refractivity contribution is 0.475. The van der Waals surface area contributed by atoms with E-state index in [4.69, 9.17) is 0 Å². The summed E-state index contributed by atoms with van der Waals surface area (Å²) in [5, 5.41) is 9.27. The molecule has 0 aliphatic rings. The number of thioether (sulfide) groups is 1. The Hall–Kier alpha value is -0.630. The molecule has 1 N–H and O–H groups in total. The summed E-state index contributed by atoms with van der Waals surface area (Å²) in [6, 6.07) is 7.56. The summed E-state index contributed by atoms with van der Waals surface area (Å²) in [6.45, 7) is 2.29. The smallest absolute Gasteiger partial charge is 0.115 e. The van der Waals surface area contributed by atoms with Crippen LogP contribution in [0.4, 0.5) is 0 Å². The maximum absolute atomic E-state index is 9.27. The molecule has 0 spiro atoms. The van der Waals surface area contributed by atoms with Crippen LogP contribution in [0.25, 0.3) is 0 Å². The van der Waals surface area contributed by atoms with Crippen molar-refractivity contribution in [1.82, 2.24) is 0 Å². The van der Waals surface area contributed by atoms with Crippen molar-refractivity contribution in [3.05, 3.63) is 24.3 Å². The third-order valence-electron chi connectivity index (χ3n) is 5.10. The first kappa shape index (κ1) is 23.4. The van der Waals surface area contributed by atoms with Crippen molar-refractivity contribution in [2.24, 2.45) is 0 Å². The second-order valence-electron chi connectivity index (χ2n) is 7.65. The predicted octanol–water partition coefficient (Wildman–Crippen LogP) is 8.75. The van der Waals surface area contributed by atoms with Crippen LogP contribution in [0.1, 0.15) is 110 Å². The summed E-state index contributed by atoms with van der Waals surface area (Å²) in [6.07, 6.45) is 22.8. The average Bonchev–Trinajstić information content (AvgIpc) is 2.66. The highest BCUT2D eigenvalue weighted by Crippen LogP contribution is 2.22. The Morgan fingerprint density at radius 1 is 0.577 bits per heavy atom. The van der Waals surface area contributed by atoms with E-state index in [1.54, 1.807) is 12.1 Å². The maximum Gasteiger partial charge on any atom is 0.115 e. The van der Waals surface area contributed by atoms with Gasteiger partial charge in [-0.1, -0.05) is 103 Å². The van der Waals surface area contributed by atoms with Gasteiger partial charge in [0.05, 0.1) is 0 Å². The lowest BCUT2D eigenvalue weighted by Gasteiger charge is -2.04. The van der Waals surface area contributed by atoms with Crippen LogP contribution < -0.4 is 0 Å². The molecule has 1 nitrogen and oxygen atoms in total. The maximum atomic E-state index is 9.27. The molecule has 1 aromatic carbocycles. The fourth-order valence-electron chi connectivity index (χ4n) is 3.38. The highest BCUT2D eigenvalue weighted by atomic mass is 32.2. The Morgan fingerprint density at radius 3 is 1.38 bits per heavy atom. The van der Waals surface area contributed by atoms with Crippen LogP contribution in [0.3, 0.4) is 0 Å². The van der Waals surface area contributed by atoms with Gasteiger partial charge in [0.1, 0.15) is 5.75 Å². The third kappa shape index (κ3) is 14.5. The molecule has 0 fully saturated rings. The van der Waals surface area contributed by atoms with Crippen LogP contribution in [-0.2, 0) is 0 Å². The van der Waals surface area contributed by atoms with Crippen molar-refractivity contribution in [3.63, 3.8) is 0 Å². The molecule has 0 saturated heterocycles. The van der Waals surface area contributed by atoms with Gasteiger partial charge in [-0.2, -0.15) is 0 Å². The fourth-order valence-corrected chi connectivity index (χ4v) is 4.30. The zero-order valence-electron chi connectivity index (χ0n) is 17.2. The van der Waals surface area contributed by atoms with Gasteiger partial charge in [-0.15, -0.1) is 11.8 Å². The van der Waals surface area contributed by atoms with Crippen molar-refractivity contribution >= 4 is 11.8 Å². The van der Waals surface area contributed by atoms with Crippen molar-refractivity contribution in [2.75, 3.05) is 5.75 Å². The van der Waals surface area contributed by atoms with E-state index in [0.29, 0.717) is 5.75 Å². The zero-order chi connectivity index (χ0) is 18.7. The second-order valence-corrected chi connectivity index (χ2v) is 8.81. The first-order valence-electron chi connectivity index (χ1n) is 11.2. The molecule has 0 heterocycles. The summed E-state index contributed by atoms with van der Waals surface area (Å²) in [7, 11) is 0. The van der Waals surface area contributed by atoms with Gasteiger partial charge in [0.2, 0.25) is 0 Å². The molecule has 0 unspecified atom stereocenters. The van der Waals surface area contributed by atoms with Crippen LogP contribution in [-0.4, -0.2) is 10.9 Å². The summed E-state index contributed by atoms with van der Waals surface area (Å²) >= 11 is 1.90. The zero-order valence-corrected chi connectivity index (χ0v) is 18.0. The molecule has 0 aliphatic heterocycles. The number of phenols is 1. The summed E-state index contributed by atoms with van der Waals surface area (Å²) < 4.78 is 0. The van der Waals surface area contributed by atoms with E-state index in [1.807, 2.05) is 23.9 Å². The minimum atomic E-state index is 0.358. The van der Waals surface area contributed by atoms with Gasteiger partial charge >= 0.3 is 0 Å². The SMILES string of the molecule is CCCCCCCCCCCCCCCCCCSc1ccc(O)cc1. The number of rotatable bonds is 18. The van der Waals surface area contributed by atoms with Gasteiger partial charge in [0.25, 0.3) is 0 Å². The van der Waals surface area contributed by atoms with E-state index in [-0.39, 0.29) is 0 Å². The Kier molecular flexibility index (Phi) is 16.0. The molecule has 0 aliphatic carbocycles. The molecular weight excluding hydrogens is 336 g/mol. The van der Waals surface area contributed by atoms with Crippen molar-refractivity contribution < 1.29 is 5.11 Å². The van der Waals surface area contributed by atoms with E-state index in [2.05, 4.69) is 6.92 Å². The molecule has 0 amide bonds. The fraction of sp³-hybridized carbons (Fsp3) is 0.750. The van der Waals surface area contributed by atoms with Gasteiger partial charge in [0.15, 0.2) is 0 Å². The Labute approximate surface area is 167 Å². The van der Waals surface area contributed by atoms with Crippen LogP contribution in [0, 0.1) is 0 Å². The Balaban J connectivity index is 1.72. The van der Waals surface area contributed by atoms with Gasteiger partial charge in [-0.3, -0.25) is 0 Å². The first-order chi connectivity index (χ1) is 12.8. The quantitative estimate of drug-likeness (QED) is 0.203. The molecule has 0 atom stereocenters. The van der Waals surface area contributed by atoms with Crippen LogP contribution in [0.2, 0.25) is 0 Å². The van der Waals surface area contributed by atoms with E-state index >= 15 is 0 Å². The first-order valence-corrected chi connectivity index (χ1v) is 12.2. The molecule has 1 rings (SSSR count). The molecule has 0 radical (unpaired) electrons. The number of benzene rings is 1. The second kappa shape index (κ2) is 17.8. The number of hydrogen-bond acceptors (Lipinski definition) is 2. The number of phenolic OH excluding ortho intramolecular Hbond substituents is 1. The van der Waals surface area contributed by atoms with E-state index < -0.39 is 0 Å². The van der Waals surface area contributed by atoms with Gasteiger partial charge in [-0.05, 0) is 36.4 Å². The van der Waals surface area contributed by atoms with E-state index in [9.17, 15) is 5.11 Å². The minimum absolute atomic E-state index is 0.358. The normalized spacial score (nSPS) is 11.1. The standard InChI is InChI=1S/C24H42OS/c1-2-3-4-5-6-7-8-9-10-11-12-13-14-15-16-17-22-26-24-20-18-23(25)19-21-24/h18-21,25H,2-17,22H2,1H3. The van der Waals surface area contributed by atoms with Crippen LogP contribution in [0.15, 0.2) is 29.2 Å². The summed E-state index contributed by atoms with van der Waals surface area (Å²) in [4.78, 5) is 1.27. The highest BCUT2D eigenvalue weighted by molar-refractivity contribution is 7.99. The highest BCUT2D eigenvalue weighted by Gasteiger charge is 1.96. The van der Waals surface area contributed by atoms with Gasteiger partial charge in [0, 0.05) is 4.90 Å².